The Labute approximate surface area is 110 Å². The number of rotatable bonds is 3. The summed E-state index contributed by atoms with van der Waals surface area (Å²) in [5.74, 6) is 5.67. The molecule has 90 valence electrons. The van der Waals surface area contributed by atoms with Crippen LogP contribution in [0.25, 0.3) is 0 Å². The Morgan fingerprint density at radius 3 is 2.59 bits per heavy atom. The van der Waals surface area contributed by atoms with Crippen molar-refractivity contribution in [2.24, 2.45) is 5.84 Å². The zero-order valence-corrected chi connectivity index (χ0v) is 11.4. The Hall–Kier alpha value is -0.870. The van der Waals surface area contributed by atoms with Crippen molar-refractivity contribution in [3.8, 4) is 0 Å². The largest absolute Gasteiger partial charge is 0.271 e. The molecule has 0 saturated heterocycles. The zero-order chi connectivity index (χ0) is 12.4. The van der Waals surface area contributed by atoms with Gasteiger partial charge in [0, 0.05) is 9.90 Å². The van der Waals surface area contributed by atoms with E-state index < -0.39 is 0 Å². The molecule has 0 saturated carbocycles. The van der Waals surface area contributed by atoms with Gasteiger partial charge in [0.1, 0.15) is 0 Å². The predicted octanol–water partition coefficient (Wildman–Crippen LogP) is 3.57. The number of halogens is 1. The second-order valence-corrected chi connectivity index (χ2v) is 5.64. The predicted molar refractivity (Wildman–Crippen MR) is 74.4 cm³/mol. The SMILES string of the molecule is Cc1cc(C(NN)c2ccc(Cl)cc2C)cs1. The molecule has 0 aliphatic rings. The first-order chi connectivity index (χ1) is 8.11. The lowest BCUT2D eigenvalue weighted by Gasteiger charge is -2.17. The van der Waals surface area contributed by atoms with Crippen LogP contribution in [0.3, 0.4) is 0 Å². The zero-order valence-electron chi connectivity index (χ0n) is 9.83. The average Bonchev–Trinajstić information content (AvgIpc) is 2.69. The first kappa shape index (κ1) is 12.6. The number of hydrogen-bond donors (Lipinski definition) is 2. The van der Waals surface area contributed by atoms with Crippen molar-refractivity contribution in [2.45, 2.75) is 19.9 Å². The lowest BCUT2D eigenvalue weighted by atomic mass is 9.97. The quantitative estimate of drug-likeness (QED) is 0.658. The minimum atomic E-state index is 0.0252. The fourth-order valence-corrected chi connectivity index (χ4v) is 2.90. The fraction of sp³-hybridized carbons (Fsp3) is 0.231. The minimum absolute atomic E-state index is 0.0252. The van der Waals surface area contributed by atoms with E-state index in [-0.39, 0.29) is 6.04 Å². The van der Waals surface area contributed by atoms with Gasteiger partial charge in [0.25, 0.3) is 0 Å². The summed E-state index contributed by atoms with van der Waals surface area (Å²) < 4.78 is 0. The summed E-state index contributed by atoms with van der Waals surface area (Å²) in [4.78, 5) is 1.28. The lowest BCUT2D eigenvalue weighted by Crippen LogP contribution is -2.29. The van der Waals surface area contributed by atoms with Crippen molar-refractivity contribution in [2.75, 3.05) is 0 Å². The van der Waals surface area contributed by atoms with E-state index in [9.17, 15) is 0 Å². The molecule has 2 rings (SSSR count). The van der Waals surface area contributed by atoms with Crippen molar-refractivity contribution in [3.05, 3.63) is 56.2 Å². The monoisotopic (exact) mass is 266 g/mol. The van der Waals surface area contributed by atoms with E-state index in [4.69, 9.17) is 17.4 Å². The van der Waals surface area contributed by atoms with Crippen LogP contribution in [0.15, 0.2) is 29.6 Å². The van der Waals surface area contributed by atoms with Crippen LogP contribution < -0.4 is 11.3 Å². The lowest BCUT2D eigenvalue weighted by molar-refractivity contribution is 0.635. The third-order valence-electron chi connectivity index (χ3n) is 2.79. The van der Waals surface area contributed by atoms with Gasteiger partial charge in [-0.3, -0.25) is 5.84 Å². The molecule has 0 fully saturated rings. The van der Waals surface area contributed by atoms with Crippen molar-refractivity contribution < 1.29 is 0 Å². The van der Waals surface area contributed by atoms with Crippen molar-refractivity contribution in [3.63, 3.8) is 0 Å². The van der Waals surface area contributed by atoms with Crippen LogP contribution in [0.4, 0.5) is 0 Å². The van der Waals surface area contributed by atoms with Crippen LogP contribution in [0.2, 0.25) is 5.02 Å². The van der Waals surface area contributed by atoms with E-state index in [1.54, 1.807) is 11.3 Å². The van der Waals surface area contributed by atoms with Crippen LogP contribution in [0.5, 0.6) is 0 Å². The van der Waals surface area contributed by atoms with Gasteiger partial charge in [-0.15, -0.1) is 11.3 Å². The molecule has 0 spiro atoms. The Kier molecular flexibility index (Phi) is 3.84. The topological polar surface area (TPSA) is 38.0 Å². The Balaban J connectivity index is 2.42. The number of hydrazine groups is 1. The van der Waals surface area contributed by atoms with E-state index in [0.29, 0.717) is 0 Å². The van der Waals surface area contributed by atoms with E-state index in [1.165, 1.54) is 10.4 Å². The first-order valence-corrected chi connectivity index (χ1v) is 6.65. The van der Waals surface area contributed by atoms with Gasteiger partial charge < -0.3 is 0 Å². The molecule has 1 unspecified atom stereocenters. The summed E-state index contributed by atoms with van der Waals surface area (Å²) in [5, 5.41) is 2.89. The normalized spacial score (nSPS) is 12.7. The molecule has 1 atom stereocenters. The number of thiophene rings is 1. The van der Waals surface area contributed by atoms with Gasteiger partial charge in [0.2, 0.25) is 0 Å². The highest BCUT2D eigenvalue weighted by molar-refractivity contribution is 7.10. The van der Waals surface area contributed by atoms with Gasteiger partial charge in [-0.25, -0.2) is 5.43 Å². The Morgan fingerprint density at radius 2 is 2.06 bits per heavy atom. The molecule has 0 aliphatic carbocycles. The summed E-state index contributed by atoms with van der Waals surface area (Å²) in [7, 11) is 0. The van der Waals surface area contributed by atoms with E-state index in [0.717, 1.165) is 16.1 Å². The van der Waals surface area contributed by atoms with Gasteiger partial charge in [0.05, 0.1) is 6.04 Å². The van der Waals surface area contributed by atoms with E-state index in [1.807, 2.05) is 25.1 Å². The molecule has 0 aliphatic heterocycles. The molecular formula is C13H15ClN2S. The second kappa shape index (κ2) is 5.19. The minimum Gasteiger partial charge on any atom is -0.271 e. The third-order valence-corrected chi connectivity index (χ3v) is 3.91. The van der Waals surface area contributed by atoms with Gasteiger partial charge in [-0.05, 0) is 54.1 Å². The van der Waals surface area contributed by atoms with Crippen molar-refractivity contribution in [1.29, 1.82) is 0 Å². The van der Waals surface area contributed by atoms with Crippen LogP contribution in [-0.2, 0) is 0 Å². The molecule has 0 amide bonds. The molecule has 4 heteroatoms. The highest BCUT2D eigenvalue weighted by atomic mass is 35.5. The summed E-state index contributed by atoms with van der Waals surface area (Å²) in [6, 6.07) is 8.06. The number of nitrogens with one attached hydrogen (secondary N) is 1. The second-order valence-electron chi connectivity index (χ2n) is 4.09. The molecule has 3 N–H and O–H groups in total. The molecule has 1 aromatic carbocycles. The molecule has 17 heavy (non-hydrogen) atoms. The molecule has 1 heterocycles. The van der Waals surface area contributed by atoms with Gasteiger partial charge >= 0.3 is 0 Å². The molecule has 0 radical (unpaired) electrons. The van der Waals surface area contributed by atoms with Gasteiger partial charge in [0.15, 0.2) is 0 Å². The summed E-state index contributed by atoms with van der Waals surface area (Å²) >= 11 is 7.70. The molecule has 2 nitrogen and oxygen atoms in total. The van der Waals surface area contributed by atoms with E-state index in [2.05, 4.69) is 23.8 Å². The summed E-state index contributed by atoms with van der Waals surface area (Å²) in [5.41, 5.74) is 6.37. The van der Waals surface area contributed by atoms with Crippen LogP contribution >= 0.6 is 22.9 Å². The Bertz CT molecular complexity index is 522. The smallest absolute Gasteiger partial charge is 0.0720 e. The van der Waals surface area contributed by atoms with Crippen LogP contribution in [-0.4, -0.2) is 0 Å². The maximum Gasteiger partial charge on any atom is 0.0720 e. The molecule has 1 aromatic heterocycles. The first-order valence-electron chi connectivity index (χ1n) is 5.39. The number of nitrogens with two attached hydrogens (primary N) is 1. The standard InChI is InChI=1S/C13H15ClN2S/c1-8-5-11(14)3-4-12(8)13(16-15)10-6-9(2)17-7-10/h3-7,13,16H,15H2,1-2H3. The molecule has 2 aromatic rings. The Morgan fingerprint density at radius 1 is 1.29 bits per heavy atom. The van der Waals surface area contributed by atoms with Gasteiger partial charge in [-0.2, -0.15) is 0 Å². The summed E-state index contributed by atoms with van der Waals surface area (Å²) in [6.45, 7) is 4.14. The van der Waals surface area contributed by atoms with Crippen molar-refractivity contribution in [1.82, 2.24) is 5.43 Å². The highest BCUT2D eigenvalue weighted by Crippen LogP contribution is 2.28. The number of benzene rings is 1. The molecule has 0 bridgehead atoms. The fourth-order valence-electron chi connectivity index (χ4n) is 1.94. The maximum absolute atomic E-state index is 5.97. The third kappa shape index (κ3) is 2.69. The van der Waals surface area contributed by atoms with E-state index >= 15 is 0 Å². The average molecular weight is 267 g/mol. The number of aryl methyl sites for hydroxylation is 2. The van der Waals surface area contributed by atoms with Gasteiger partial charge in [-0.1, -0.05) is 17.7 Å². The maximum atomic E-state index is 5.97. The molecular weight excluding hydrogens is 252 g/mol. The van der Waals surface area contributed by atoms with Crippen LogP contribution in [0.1, 0.15) is 27.6 Å². The summed E-state index contributed by atoms with van der Waals surface area (Å²) in [6.07, 6.45) is 0. The van der Waals surface area contributed by atoms with Crippen LogP contribution in [0, 0.1) is 13.8 Å². The highest BCUT2D eigenvalue weighted by Gasteiger charge is 2.15. The number of hydrogen-bond acceptors (Lipinski definition) is 3. The van der Waals surface area contributed by atoms with Crippen molar-refractivity contribution >= 4 is 22.9 Å².